The summed E-state index contributed by atoms with van der Waals surface area (Å²) in [6.07, 6.45) is 1.31. The minimum atomic E-state index is -0.687. The summed E-state index contributed by atoms with van der Waals surface area (Å²) in [6, 6.07) is 8.69. The summed E-state index contributed by atoms with van der Waals surface area (Å²) in [6.45, 7) is 0.00683. The van der Waals surface area contributed by atoms with Crippen molar-refractivity contribution in [2.45, 2.75) is 12.8 Å². The van der Waals surface area contributed by atoms with E-state index in [2.05, 4.69) is 0 Å². The predicted octanol–water partition coefficient (Wildman–Crippen LogP) is 2.97. The molecule has 0 radical (unpaired) electrons. The lowest BCUT2D eigenvalue weighted by atomic mass is 10.0. The van der Waals surface area contributed by atoms with Crippen molar-refractivity contribution in [1.29, 1.82) is 0 Å². The molecule has 1 aliphatic rings. The number of fused-ring (bicyclic) bond motifs is 1. The molecule has 2 aromatic carbocycles. The molecule has 9 heteroatoms. The zero-order chi connectivity index (χ0) is 19.6. The number of nitrogens with two attached hydrogens (primary N) is 1. The lowest BCUT2D eigenvalue weighted by Crippen LogP contribution is -2.38. The number of nitrogen functional groups attached to an aromatic ring is 1. The summed E-state index contributed by atoms with van der Waals surface area (Å²) in [5.74, 6) is -1.09. The van der Waals surface area contributed by atoms with Crippen molar-refractivity contribution >= 4 is 40.5 Å². The molecule has 0 bridgehead atoms. The summed E-state index contributed by atoms with van der Waals surface area (Å²) in [7, 11) is 0. The fourth-order valence-corrected chi connectivity index (χ4v) is 3.03. The first-order valence-corrected chi connectivity index (χ1v) is 8.54. The van der Waals surface area contributed by atoms with Crippen LogP contribution in [0.2, 0.25) is 5.02 Å². The van der Waals surface area contributed by atoms with Crippen LogP contribution >= 0.6 is 11.6 Å². The summed E-state index contributed by atoms with van der Waals surface area (Å²) >= 11 is 5.81. The van der Waals surface area contributed by atoms with Gasteiger partial charge in [-0.25, -0.2) is 4.79 Å². The molecule has 2 aromatic rings. The second-order valence-corrected chi connectivity index (χ2v) is 6.44. The van der Waals surface area contributed by atoms with Crippen LogP contribution in [0.4, 0.5) is 17.1 Å². The van der Waals surface area contributed by atoms with Crippen molar-refractivity contribution < 1.29 is 19.2 Å². The van der Waals surface area contributed by atoms with Crippen LogP contribution < -0.4 is 10.6 Å². The molecule has 0 unspecified atom stereocenters. The average Bonchev–Trinajstić information content (AvgIpc) is 2.66. The van der Waals surface area contributed by atoms with E-state index in [1.165, 1.54) is 35.2 Å². The maximum atomic E-state index is 12.5. The number of carbonyl (C=O) groups is 2. The van der Waals surface area contributed by atoms with Gasteiger partial charge in [0.15, 0.2) is 6.61 Å². The average molecular weight is 390 g/mol. The second kappa shape index (κ2) is 7.63. The highest BCUT2D eigenvalue weighted by Crippen LogP contribution is 2.30. The standard InChI is InChI=1S/C18H16ClN3O5/c19-14-5-3-12(9-15(14)20)18(24)27-10-17(23)21-7-1-2-11-8-13(22(25)26)4-6-16(11)21/h3-6,8-9H,1-2,7,10,20H2. The van der Waals surface area contributed by atoms with E-state index in [1.807, 2.05) is 0 Å². The van der Waals surface area contributed by atoms with Gasteiger partial charge >= 0.3 is 5.97 Å². The molecule has 3 rings (SSSR count). The number of nitrogens with zero attached hydrogens (tertiary/aromatic N) is 2. The van der Waals surface area contributed by atoms with E-state index in [-0.39, 0.29) is 16.9 Å². The molecule has 27 heavy (non-hydrogen) atoms. The molecule has 8 nitrogen and oxygen atoms in total. The van der Waals surface area contributed by atoms with Crippen LogP contribution in [0.3, 0.4) is 0 Å². The lowest BCUT2D eigenvalue weighted by Gasteiger charge is -2.29. The largest absolute Gasteiger partial charge is 0.452 e. The van der Waals surface area contributed by atoms with Gasteiger partial charge < -0.3 is 15.4 Å². The first kappa shape index (κ1) is 18.7. The Labute approximate surface area is 159 Å². The smallest absolute Gasteiger partial charge is 0.338 e. The number of non-ortho nitro benzene ring substituents is 1. The van der Waals surface area contributed by atoms with Crippen LogP contribution in [0.1, 0.15) is 22.3 Å². The van der Waals surface area contributed by atoms with Crippen molar-refractivity contribution in [3.63, 3.8) is 0 Å². The normalized spacial score (nSPS) is 13.0. The highest BCUT2D eigenvalue weighted by Gasteiger charge is 2.25. The van der Waals surface area contributed by atoms with Gasteiger partial charge in [0.25, 0.3) is 11.6 Å². The van der Waals surface area contributed by atoms with Gasteiger partial charge in [0.1, 0.15) is 0 Å². The Bertz CT molecular complexity index is 931. The molecule has 1 amide bonds. The number of amides is 1. The minimum Gasteiger partial charge on any atom is -0.452 e. The van der Waals surface area contributed by atoms with Gasteiger partial charge in [-0.2, -0.15) is 0 Å². The molecule has 0 saturated carbocycles. The van der Waals surface area contributed by atoms with Crippen molar-refractivity contribution in [2.75, 3.05) is 23.8 Å². The van der Waals surface area contributed by atoms with Gasteiger partial charge in [-0.15, -0.1) is 0 Å². The summed E-state index contributed by atoms with van der Waals surface area (Å²) in [5, 5.41) is 11.2. The summed E-state index contributed by atoms with van der Waals surface area (Å²) in [4.78, 5) is 36.5. The Morgan fingerprint density at radius 1 is 1.26 bits per heavy atom. The molecular formula is C18H16ClN3O5. The van der Waals surface area contributed by atoms with Crippen LogP contribution in [0, 0.1) is 10.1 Å². The highest BCUT2D eigenvalue weighted by molar-refractivity contribution is 6.33. The maximum Gasteiger partial charge on any atom is 0.338 e. The topological polar surface area (TPSA) is 116 Å². The Kier molecular flexibility index (Phi) is 5.27. The van der Waals surface area contributed by atoms with Crippen LogP contribution in [0.25, 0.3) is 0 Å². The number of carbonyl (C=O) groups excluding carboxylic acids is 2. The number of anilines is 2. The van der Waals surface area contributed by atoms with E-state index >= 15 is 0 Å². The number of hydrogen-bond donors (Lipinski definition) is 1. The summed E-state index contributed by atoms with van der Waals surface area (Å²) in [5.41, 5.74) is 7.39. The van der Waals surface area contributed by atoms with Gasteiger partial charge in [0, 0.05) is 24.4 Å². The third kappa shape index (κ3) is 4.01. The van der Waals surface area contributed by atoms with Crippen molar-refractivity contribution in [2.24, 2.45) is 0 Å². The van der Waals surface area contributed by atoms with Gasteiger partial charge in [-0.1, -0.05) is 11.6 Å². The van der Waals surface area contributed by atoms with E-state index in [4.69, 9.17) is 22.1 Å². The zero-order valence-electron chi connectivity index (χ0n) is 14.2. The Morgan fingerprint density at radius 3 is 2.74 bits per heavy atom. The molecule has 0 spiro atoms. The zero-order valence-corrected chi connectivity index (χ0v) is 14.9. The molecule has 0 aliphatic carbocycles. The molecule has 1 aliphatic heterocycles. The van der Waals surface area contributed by atoms with Gasteiger partial charge in [0.05, 0.1) is 21.2 Å². The number of nitro benzene ring substituents is 1. The number of benzene rings is 2. The van der Waals surface area contributed by atoms with Gasteiger partial charge in [-0.05, 0) is 42.7 Å². The van der Waals surface area contributed by atoms with Crippen molar-refractivity contribution in [3.05, 3.63) is 62.7 Å². The van der Waals surface area contributed by atoms with Crippen LogP contribution in [0.15, 0.2) is 36.4 Å². The number of ether oxygens (including phenoxy) is 1. The number of halogens is 1. The van der Waals surface area contributed by atoms with Crippen molar-refractivity contribution in [3.8, 4) is 0 Å². The molecular weight excluding hydrogens is 374 g/mol. The first-order valence-electron chi connectivity index (χ1n) is 8.16. The van der Waals surface area contributed by atoms with Gasteiger partial charge in [-0.3, -0.25) is 14.9 Å². The predicted molar refractivity (Wildman–Crippen MR) is 99.9 cm³/mol. The monoisotopic (exact) mass is 389 g/mol. The molecule has 1 heterocycles. The van der Waals surface area contributed by atoms with E-state index < -0.39 is 23.4 Å². The van der Waals surface area contributed by atoms with E-state index in [1.54, 1.807) is 6.07 Å². The molecule has 0 aromatic heterocycles. The van der Waals surface area contributed by atoms with Crippen LogP contribution in [-0.4, -0.2) is 30.0 Å². The molecule has 2 N–H and O–H groups in total. The van der Waals surface area contributed by atoms with E-state index in [0.29, 0.717) is 30.1 Å². The Morgan fingerprint density at radius 2 is 2.04 bits per heavy atom. The third-order valence-electron chi connectivity index (χ3n) is 4.25. The highest BCUT2D eigenvalue weighted by atomic mass is 35.5. The van der Waals surface area contributed by atoms with Crippen LogP contribution in [-0.2, 0) is 16.0 Å². The number of aryl methyl sites for hydroxylation is 1. The fourth-order valence-electron chi connectivity index (χ4n) is 2.92. The minimum absolute atomic E-state index is 0.0187. The quantitative estimate of drug-likeness (QED) is 0.372. The van der Waals surface area contributed by atoms with Crippen molar-refractivity contribution in [1.82, 2.24) is 0 Å². The molecule has 0 fully saturated rings. The van der Waals surface area contributed by atoms with E-state index in [9.17, 15) is 19.7 Å². The number of hydrogen-bond acceptors (Lipinski definition) is 6. The van der Waals surface area contributed by atoms with E-state index in [0.717, 1.165) is 5.56 Å². The SMILES string of the molecule is Nc1cc(C(=O)OCC(=O)N2CCCc3cc([N+](=O)[O-])ccc32)ccc1Cl. The number of rotatable bonds is 4. The molecule has 0 saturated heterocycles. The second-order valence-electron chi connectivity index (χ2n) is 6.03. The molecule has 0 atom stereocenters. The summed E-state index contributed by atoms with van der Waals surface area (Å²) < 4.78 is 5.08. The number of esters is 1. The third-order valence-corrected chi connectivity index (χ3v) is 4.60. The first-order chi connectivity index (χ1) is 12.9. The lowest BCUT2D eigenvalue weighted by molar-refractivity contribution is -0.384. The Hall–Kier alpha value is -3.13. The maximum absolute atomic E-state index is 12.5. The fraction of sp³-hybridized carbons (Fsp3) is 0.222. The van der Waals surface area contributed by atoms with Crippen LogP contribution in [0.5, 0.6) is 0 Å². The van der Waals surface area contributed by atoms with Gasteiger partial charge in [0.2, 0.25) is 0 Å². The Balaban J connectivity index is 1.69. The molecule has 140 valence electrons. The number of nitro groups is 1.